The number of carbonyl (C=O) groups excluding carboxylic acids is 2. The number of ether oxygens (including phenoxy) is 1. The normalized spacial score (nSPS) is 10.1. The molecule has 0 saturated carbocycles. The molecule has 0 radical (unpaired) electrons. The van der Waals surface area contributed by atoms with Crippen LogP contribution in [0.15, 0.2) is 47.8 Å². The van der Waals surface area contributed by atoms with Crippen molar-refractivity contribution >= 4 is 34.0 Å². The number of halogens is 1. The molecule has 2 N–H and O–H groups in total. The van der Waals surface area contributed by atoms with E-state index in [4.69, 9.17) is 10.00 Å². The van der Waals surface area contributed by atoms with Crippen molar-refractivity contribution in [3.63, 3.8) is 0 Å². The van der Waals surface area contributed by atoms with Gasteiger partial charge in [0, 0.05) is 23.6 Å². The number of carbonyl (C=O) groups is 2. The van der Waals surface area contributed by atoms with Crippen LogP contribution in [0.1, 0.15) is 12.5 Å². The van der Waals surface area contributed by atoms with Gasteiger partial charge in [-0.05, 0) is 30.3 Å². The van der Waals surface area contributed by atoms with E-state index in [1.54, 1.807) is 35.7 Å². The smallest absolute Gasteiger partial charge is 0.264 e. The van der Waals surface area contributed by atoms with Crippen molar-refractivity contribution < 1.29 is 18.7 Å². The first-order chi connectivity index (χ1) is 14.0. The van der Waals surface area contributed by atoms with E-state index >= 15 is 0 Å². The fraction of sp³-hybridized carbons (Fsp3) is 0.100. The quantitative estimate of drug-likeness (QED) is 0.643. The van der Waals surface area contributed by atoms with Gasteiger partial charge < -0.3 is 10.1 Å². The maximum absolute atomic E-state index is 14.3. The third-order valence-electron chi connectivity index (χ3n) is 3.68. The summed E-state index contributed by atoms with van der Waals surface area (Å²) in [6, 6.07) is 12.8. The van der Waals surface area contributed by atoms with Crippen LogP contribution in [-0.2, 0) is 9.59 Å². The SMILES string of the molecule is CC(=O)Nc1ccc(-c2csc(NC(=O)COc3ccccc3C#N)n2)c(F)c1. The summed E-state index contributed by atoms with van der Waals surface area (Å²) in [7, 11) is 0. The standard InChI is InChI=1S/C20H15FN4O3S/c1-12(26)23-14-6-7-15(16(21)8-14)17-11-29-20(24-17)25-19(27)10-28-18-5-3-2-4-13(18)9-22/h2-8,11H,10H2,1H3,(H,23,26)(H,24,25,27). The van der Waals surface area contributed by atoms with E-state index in [1.807, 2.05) is 6.07 Å². The molecule has 7 nitrogen and oxygen atoms in total. The summed E-state index contributed by atoms with van der Waals surface area (Å²) in [5, 5.41) is 16.0. The van der Waals surface area contributed by atoms with Crippen LogP contribution < -0.4 is 15.4 Å². The van der Waals surface area contributed by atoms with Gasteiger partial charge >= 0.3 is 0 Å². The molecule has 146 valence electrons. The summed E-state index contributed by atoms with van der Waals surface area (Å²) >= 11 is 1.14. The molecule has 2 amide bonds. The highest BCUT2D eigenvalue weighted by Crippen LogP contribution is 2.28. The molecule has 0 aliphatic rings. The first-order valence-electron chi connectivity index (χ1n) is 8.41. The first kappa shape index (κ1) is 20.0. The van der Waals surface area contributed by atoms with Gasteiger partial charge in [0.1, 0.15) is 17.6 Å². The van der Waals surface area contributed by atoms with Gasteiger partial charge in [-0.1, -0.05) is 12.1 Å². The van der Waals surface area contributed by atoms with Gasteiger partial charge in [0.2, 0.25) is 5.91 Å². The van der Waals surface area contributed by atoms with E-state index < -0.39 is 11.7 Å². The molecule has 0 unspecified atom stereocenters. The number of thiazole rings is 1. The largest absolute Gasteiger partial charge is 0.482 e. The number of nitrogens with one attached hydrogen (secondary N) is 2. The van der Waals surface area contributed by atoms with Gasteiger partial charge in [0.25, 0.3) is 5.91 Å². The number of nitrogens with zero attached hydrogens (tertiary/aromatic N) is 2. The molecule has 29 heavy (non-hydrogen) atoms. The van der Waals surface area contributed by atoms with E-state index in [9.17, 15) is 14.0 Å². The Labute approximate surface area is 169 Å². The number of hydrogen-bond donors (Lipinski definition) is 2. The molecule has 3 rings (SSSR count). The second kappa shape index (κ2) is 8.95. The number of anilines is 2. The summed E-state index contributed by atoms with van der Waals surface area (Å²) < 4.78 is 19.7. The van der Waals surface area contributed by atoms with Crippen molar-refractivity contribution in [3.05, 3.63) is 59.2 Å². The molecule has 0 aliphatic heterocycles. The van der Waals surface area contributed by atoms with Crippen LogP contribution in [0.3, 0.4) is 0 Å². The number of benzene rings is 2. The van der Waals surface area contributed by atoms with Crippen LogP contribution >= 0.6 is 11.3 Å². The lowest BCUT2D eigenvalue weighted by molar-refractivity contribution is -0.118. The molecule has 0 spiro atoms. The van der Waals surface area contributed by atoms with Gasteiger partial charge in [-0.15, -0.1) is 11.3 Å². The monoisotopic (exact) mass is 410 g/mol. The second-order valence-electron chi connectivity index (χ2n) is 5.86. The van der Waals surface area contributed by atoms with Crippen LogP contribution in [0.5, 0.6) is 5.75 Å². The Bertz CT molecular complexity index is 1110. The number of amides is 2. The summed E-state index contributed by atoms with van der Waals surface area (Å²) in [6.07, 6.45) is 0. The van der Waals surface area contributed by atoms with E-state index in [1.165, 1.54) is 19.1 Å². The summed E-state index contributed by atoms with van der Waals surface area (Å²) in [5.41, 5.74) is 1.27. The van der Waals surface area contributed by atoms with Gasteiger partial charge in [0.15, 0.2) is 11.7 Å². The van der Waals surface area contributed by atoms with E-state index in [2.05, 4.69) is 15.6 Å². The fourth-order valence-electron chi connectivity index (χ4n) is 2.44. The summed E-state index contributed by atoms with van der Waals surface area (Å²) in [4.78, 5) is 27.3. The molecule has 1 aromatic heterocycles. The predicted octanol–water partition coefficient (Wildman–Crippen LogP) is 3.80. The van der Waals surface area contributed by atoms with Crippen LogP contribution in [0.2, 0.25) is 0 Å². The zero-order valence-corrected chi connectivity index (χ0v) is 16.0. The van der Waals surface area contributed by atoms with Crippen LogP contribution in [0.4, 0.5) is 15.2 Å². The first-order valence-corrected chi connectivity index (χ1v) is 9.29. The topological polar surface area (TPSA) is 104 Å². The molecule has 3 aromatic rings. The van der Waals surface area contributed by atoms with Crippen LogP contribution in [0, 0.1) is 17.1 Å². The molecule has 0 bridgehead atoms. The molecule has 1 heterocycles. The molecule has 9 heteroatoms. The Morgan fingerprint density at radius 1 is 1.24 bits per heavy atom. The molecular formula is C20H15FN4O3S. The minimum absolute atomic E-state index is 0.245. The number of hydrogen-bond acceptors (Lipinski definition) is 6. The lowest BCUT2D eigenvalue weighted by atomic mass is 10.1. The average molecular weight is 410 g/mol. The number of para-hydroxylation sites is 1. The van der Waals surface area contributed by atoms with Crippen molar-refractivity contribution in [2.45, 2.75) is 6.92 Å². The Morgan fingerprint density at radius 2 is 2.03 bits per heavy atom. The third kappa shape index (κ3) is 5.15. The van der Waals surface area contributed by atoms with Crippen molar-refractivity contribution in [2.75, 3.05) is 17.2 Å². The molecule has 2 aromatic carbocycles. The summed E-state index contributed by atoms with van der Waals surface area (Å²) in [6.45, 7) is 1.04. The molecular weight excluding hydrogens is 395 g/mol. The number of rotatable bonds is 6. The maximum atomic E-state index is 14.3. The highest BCUT2D eigenvalue weighted by molar-refractivity contribution is 7.14. The van der Waals surface area contributed by atoms with E-state index in [0.717, 1.165) is 11.3 Å². The Morgan fingerprint density at radius 3 is 2.76 bits per heavy atom. The zero-order valence-electron chi connectivity index (χ0n) is 15.2. The van der Waals surface area contributed by atoms with Gasteiger partial charge in [-0.3, -0.25) is 14.9 Å². The lowest BCUT2D eigenvalue weighted by Crippen LogP contribution is -2.20. The molecule has 0 aliphatic carbocycles. The van der Waals surface area contributed by atoms with Crippen molar-refractivity contribution in [3.8, 4) is 23.1 Å². The Balaban J connectivity index is 1.63. The van der Waals surface area contributed by atoms with Crippen LogP contribution in [-0.4, -0.2) is 23.4 Å². The second-order valence-corrected chi connectivity index (χ2v) is 6.72. The van der Waals surface area contributed by atoms with E-state index in [0.29, 0.717) is 22.7 Å². The molecule has 0 saturated heterocycles. The number of aromatic nitrogens is 1. The molecule has 0 atom stereocenters. The summed E-state index contributed by atoms with van der Waals surface area (Å²) in [5.74, 6) is -0.988. The highest BCUT2D eigenvalue weighted by atomic mass is 32.1. The average Bonchev–Trinajstić information content (AvgIpc) is 3.14. The predicted molar refractivity (Wildman–Crippen MR) is 107 cm³/mol. The Kier molecular flexibility index (Phi) is 6.16. The van der Waals surface area contributed by atoms with Gasteiger partial charge in [0.05, 0.1) is 11.3 Å². The van der Waals surface area contributed by atoms with Crippen molar-refractivity contribution in [1.29, 1.82) is 5.26 Å². The molecule has 0 fully saturated rings. The zero-order chi connectivity index (χ0) is 20.8. The van der Waals surface area contributed by atoms with E-state index in [-0.39, 0.29) is 23.2 Å². The van der Waals surface area contributed by atoms with Crippen molar-refractivity contribution in [1.82, 2.24) is 4.98 Å². The number of nitriles is 1. The lowest BCUT2D eigenvalue weighted by Gasteiger charge is -2.07. The van der Waals surface area contributed by atoms with Crippen molar-refractivity contribution in [2.24, 2.45) is 0 Å². The van der Waals surface area contributed by atoms with Gasteiger partial charge in [-0.2, -0.15) is 5.26 Å². The minimum atomic E-state index is -0.545. The van der Waals surface area contributed by atoms with Gasteiger partial charge in [-0.25, -0.2) is 9.37 Å². The maximum Gasteiger partial charge on any atom is 0.264 e. The minimum Gasteiger partial charge on any atom is -0.482 e. The third-order valence-corrected chi connectivity index (χ3v) is 4.44. The highest BCUT2D eigenvalue weighted by Gasteiger charge is 2.13. The fourth-order valence-corrected chi connectivity index (χ4v) is 3.17. The Hall–Kier alpha value is -3.77. The van der Waals surface area contributed by atoms with Crippen LogP contribution in [0.25, 0.3) is 11.3 Å².